The van der Waals surface area contributed by atoms with Gasteiger partial charge in [-0.05, 0) is 29.8 Å². The third-order valence-corrected chi connectivity index (χ3v) is 2.99. The van der Waals surface area contributed by atoms with E-state index in [1.807, 2.05) is 0 Å². The van der Waals surface area contributed by atoms with Crippen molar-refractivity contribution < 1.29 is 13.5 Å². The highest BCUT2D eigenvalue weighted by atomic mass is 79.9. The highest BCUT2D eigenvalue weighted by Gasteiger charge is 2.03. The first-order valence-electron chi connectivity index (χ1n) is 5.07. The third-order valence-electron chi connectivity index (χ3n) is 2.23. The minimum absolute atomic E-state index is 0.0623. The Balaban J connectivity index is 2.08. The Morgan fingerprint density at radius 2 is 1.89 bits per heavy atom. The Kier molecular flexibility index (Phi) is 4.19. The highest BCUT2D eigenvalue weighted by Crippen LogP contribution is 2.22. The molecule has 0 saturated heterocycles. The van der Waals surface area contributed by atoms with Gasteiger partial charge in [0.25, 0.3) is 0 Å². The predicted octanol–water partition coefficient (Wildman–Crippen LogP) is 4.96. The van der Waals surface area contributed by atoms with Gasteiger partial charge in [0.05, 0.1) is 5.02 Å². The van der Waals surface area contributed by atoms with E-state index in [9.17, 15) is 8.78 Å². The van der Waals surface area contributed by atoms with Crippen molar-refractivity contribution in [3.8, 4) is 5.75 Å². The van der Waals surface area contributed by atoms with Gasteiger partial charge in [0.15, 0.2) is 0 Å². The van der Waals surface area contributed by atoms with Gasteiger partial charge in [0.2, 0.25) is 0 Å². The number of rotatable bonds is 3. The minimum atomic E-state index is -0.502. The standard InChI is InChI=1S/C13H8BrClF2O/c14-9-4-10(16)6-11(5-9)18-7-8-1-2-12(15)13(17)3-8/h1-6H,7H2. The van der Waals surface area contributed by atoms with E-state index < -0.39 is 11.6 Å². The maximum absolute atomic E-state index is 13.2. The molecule has 0 heterocycles. The summed E-state index contributed by atoms with van der Waals surface area (Å²) in [5.41, 5.74) is 0.622. The molecule has 0 unspecified atom stereocenters. The average Bonchev–Trinajstić information content (AvgIpc) is 2.29. The molecule has 0 aliphatic carbocycles. The number of hydrogen-bond acceptors (Lipinski definition) is 1. The van der Waals surface area contributed by atoms with Crippen LogP contribution < -0.4 is 4.74 Å². The van der Waals surface area contributed by atoms with Crippen LogP contribution in [0.2, 0.25) is 5.02 Å². The Morgan fingerprint density at radius 3 is 2.56 bits per heavy atom. The molecule has 0 saturated carbocycles. The molecule has 0 amide bonds. The maximum atomic E-state index is 13.2. The summed E-state index contributed by atoms with van der Waals surface area (Å²) in [7, 11) is 0. The molecule has 0 aromatic heterocycles. The molecule has 5 heteroatoms. The van der Waals surface area contributed by atoms with E-state index in [4.69, 9.17) is 16.3 Å². The topological polar surface area (TPSA) is 9.23 Å². The van der Waals surface area contributed by atoms with Gasteiger partial charge in [-0.1, -0.05) is 33.6 Å². The van der Waals surface area contributed by atoms with Crippen molar-refractivity contribution in [1.82, 2.24) is 0 Å². The smallest absolute Gasteiger partial charge is 0.142 e. The fraction of sp³-hybridized carbons (Fsp3) is 0.0769. The summed E-state index contributed by atoms with van der Waals surface area (Å²) in [4.78, 5) is 0. The fourth-order valence-electron chi connectivity index (χ4n) is 1.41. The van der Waals surface area contributed by atoms with E-state index in [1.54, 1.807) is 12.1 Å². The summed E-state index contributed by atoms with van der Waals surface area (Å²) >= 11 is 8.73. The van der Waals surface area contributed by atoms with Crippen LogP contribution in [0, 0.1) is 11.6 Å². The largest absolute Gasteiger partial charge is 0.489 e. The zero-order chi connectivity index (χ0) is 13.1. The molecule has 0 aliphatic rings. The first kappa shape index (κ1) is 13.3. The zero-order valence-electron chi connectivity index (χ0n) is 9.09. The molecule has 1 nitrogen and oxygen atoms in total. The number of halogens is 4. The summed E-state index contributed by atoms with van der Waals surface area (Å²) in [5.74, 6) is -0.530. The lowest BCUT2D eigenvalue weighted by Gasteiger charge is -2.07. The summed E-state index contributed by atoms with van der Waals surface area (Å²) in [5, 5.41) is 0.0623. The van der Waals surface area contributed by atoms with E-state index in [2.05, 4.69) is 15.9 Å². The third kappa shape index (κ3) is 3.43. The molecule has 0 aliphatic heterocycles. The molecule has 0 N–H and O–H groups in total. The molecule has 94 valence electrons. The lowest BCUT2D eigenvalue weighted by Crippen LogP contribution is -1.96. The van der Waals surface area contributed by atoms with Crippen LogP contribution in [0.4, 0.5) is 8.78 Å². The first-order valence-corrected chi connectivity index (χ1v) is 6.24. The monoisotopic (exact) mass is 332 g/mol. The molecule has 18 heavy (non-hydrogen) atoms. The number of hydrogen-bond donors (Lipinski definition) is 0. The van der Waals surface area contributed by atoms with Crippen LogP contribution in [0.3, 0.4) is 0 Å². The molecular weight excluding hydrogens is 325 g/mol. The van der Waals surface area contributed by atoms with Crippen molar-refractivity contribution in [2.75, 3.05) is 0 Å². The minimum Gasteiger partial charge on any atom is -0.489 e. The zero-order valence-corrected chi connectivity index (χ0v) is 11.4. The second-order valence-corrected chi connectivity index (χ2v) is 4.97. The normalized spacial score (nSPS) is 10.4. The Bertz CT molecular complexity index is 555. The van der Waals surface area contributed by atoms with Crippen LogP contribution in [0.25, 0.3) is 0 Å². The molecule has 0 fully saturated rings. The second kappa shape index (κ2) is 5.67. The Hall–Kier alpha value is -1.13. The SMILES string of the molecule is Fc1cc(Br)cc(OCc2ccc(Cl)c(F)c2)c1. The van der Waals surface area contributed by atoms with Crippen molar-refractivity contribution in [1.29, 1.82) is 0 Å². The number of benzene rings is 2. The van der Waals surface area contributed by atoms with Crippen LogP contribution >= 0.6 is 27.5 Å². The van der Waals surface area contributed by atoms with Gasteiger partial charge in [-0.3, -0.25) is 0 Å². The van der Waals surface area contributed by atoms with Gasteiger partial charge in [-0.2, -0.15) is 0 Å². The highest BCUT2D eigenvalue weighted by molar-refractivity contribution is 9.10. The second-order valence-electron chi connectivity index (χ2n) is 3.64. The quantitative estimate of drug-likeness (QED) is 0.771. The molecule has 0 atom stereocenters. The lowest BCUT2D eigenvalue weighted by molar-refractivity contribution is 0.303. The molecule has 0 radical (unpaired) electrons. The number of ether oxygens (including phenoxy) is 1. The predicted molar refractivity (Wildman–Crippen MR) is 69.8 cm³/mol. The molecule has 0 bridgehead atoms. The van der Waals surface area contributed by atoms with Gasteiger partial charge in [0, 0.05) is 10.5 Å². The summed E-state index contributed by atoms with van der Waals surface area (Å²) in [6.45, 7) is 0.143. The van der Waals surface area contributed by atoms with Gasteiger partial charge >= 0.3 is 0 Å². The van der Waals surface area contributed by atoms with Crippen molar-refractivity contribution in [3.05, 3.63) is 63.1 Å². The van der Waals surface area contributed by atoms with Crippen molar-refractivity contribution >= 4 is 27.5 Å². The summed E-state index contributed by atoms with van der Waals surface area (Å²) in [6.07, 6.45) is 0. The van der Waals surface area contributed by atoms with Crippen LogP contribution in [-0.2, 0) is 6.61 Å². The molecule has 2 aromatic rings. The average molecular weight is 334 g/mol. The van der Waals surface area contributed by atoms with Crippen LogP contribution in [0.15, 0.2) is 40.9 Å². The van der Waals surface area contributed by atoms with E-state index >= 15 is 0 Å². The van der Waals surface area contributed by atoms with Crippen molar-refractivity contribution in [2.45, 2.75) is 6.61 Å². The van der Waals surface area contributed by atoms with Crippen LogP contribution in [-0.4, -0.2) is 0 Å². The Labute approximate surface area is 116 Å². The van der Waals surface area contributed by atoms with Gasteiger partial charge < -0.3 is 4.74 Å². The van der Waals surface area contributed by atoms with E-state index in [-0.39, 0.29) is 11.6 Å². The van der Waals surface area contributed by atoms with Crippen LogP contribution in [0.1, 0.15) is 5.56 Å². The lowest BCUT2D eigenvalue weighted by atomic mass is 10.2. The van der Waals surface area contributed by atoms with Gasteiger partial charge in [0.1, 0.15) is 24.0 Å². The molecule has 0 spiro atoms. The van der Waals surface area contributed by atoms with E-state index in [1.165, 1.54) is 24.3 Å². The molecule has 2 rings (SSSR count). The van der Waals surface area contributed by atoms with Gasteiger partial charge in [-0.25, -0.2) is 8.78 Å². The maximum Gasteiger partial charge on any atom is 0.142 e. The molecule has 2 aromatic carbocycles. The van der Waals surface area contributed by atoms with E-state index in [0.29, 0.717) is 15.8 Å². The first-order chi connectivity index (χ1) is 8.54. The van der Waals surface area contributed by atoms with Crippen molar-refractivity contribution in [2.24, 2.45) is 0 Å². The summed E-state index contributed by atoms with van der Waals surface area (Å²) in [6, 6.07) is 8.62. The fourth-order valence-corrected chi connectivity index (χ4v) is 1.97. The van der Waals surface area contributed by atoms with E-state index in [0.717, 1.165) is 0 Å². The molecular formula is C13H8BrClF2O. The van der Waals surface area contributed by atoms with Crippen LogP contribution in [0.5, 0.6) is 5.75 Å². The summed E-state index contributed by atoms with van der Waals surface area (Å²) < 4.78 is 32.2. The van der Waals surface area contributed by atoms with Crippen molar-refractivity contribution in [3.63, 3.8) is 0 Å². The Morgan fingerprint density at radius 1 is 1.11 bits per heavy atom. The van der Waals surface area contributed by atoms with Gasteiger partial charge in [-0.15, -0.1) is 0 Å².